The normalized spacial score (nSPS) is 22.3. The van der Waals surface area contributed by atoms with E-state index in [0.29, 0.717) is 11.0 Å². The molecule has 1 aliphatic heterocycles. The number of rotatable bonds is 2. The zero-order chi connectivity index (χ0) is 17.4. The summed E-state index contributed by atoms with van der Waals surface area (Å²) < 4.78 is 82.3. The van der Waals surface area contributed by atoms with E-state index in [4.69, 9.17) is 10.4 Å². The number of halogens is 6. The highest BCUT2D eigenvalue weighted by atomic mass is 19.4. The summed E-state index contributed by atoms with van der Waals surface area (Å²) in [4.78, 5) is 0.581. The molecule has 0 saturated carbocycles. The Labute approximate surface area is 126 Å². The molecular formula is C13H10F6N2O2. The number of nitriles is 1. The molecule has 1 heterocycles. The summed E-state index contributed by atoms with van der Waals surface area (Å²) in [5.41, 5.74) is -2.41. The number of alkyl halides is 6. The summed E-state index contributed by atoms with van der Waals surface area (Å²) in [6.07, 6.45) is -13.4. The van der Waals surface area contributed by atoms with E-state index in [1.165, 1.54) is 6.07 Å². The summed E-state index contributed by atoms with van der Waals surface area (Å²) >= 11 is 0. The Hall–Kier alpha value is -1.99. The van der Waals surface area contributed by atoms with Crippen molar-refractivity contribution in [3.63, 3.8) is 0 Å². The Morgan fingerprint density at radius 3 is 2.39 bits per heavy atom. The maximum atomic E-state index is 13.0. The topological polar surface area (TPSA) is 56.5 Å². The van der Waals surface area contributed by atoms with Gasteiger partial charge in [0.25, 0.3) is 0 Å². The van der Waals surface area contributed by atoms with Gasteiger partial charge in [-0.15, -0.1) is 0 Å². The van der Waals surface area contributed by atoms with Crippen LogP contribution in [0.4, 0.5) is 32.0 Å². The van der Waals surface area contributed by atoms with Crippen molar-refractivity contribution in [1.82, 2.24) is 0 Å². The van der Waals surface area contributed by atoms with Gasteiger partial charge < -0.3 is 14.7 Å². The predicted octanol–water partition coefficient (Wildman–Crippen LogP) is 2.66. The minimum Gasteiger partial charge on any atom is -0.394 e. The second kappa shape index (κ2) is 5.90. The van der Waals surface area contributed by atoms with Gasteiger partial charge in [-0.1, -0.05) is 0 Å². The Kier molecular flexibility index (Phi) is 4.45. The van der Waals surface area contributed by atoms with Gasteiger partial charge in [0, 0.05) is 12.2 Å². The fourth-order valence-corrected chi connectivity index (χ4v) is 2.25. The highest BCUT2D eigenvalue weighted by Crippen LogP contribution is 2.38. The van der Waals surface area contributed by atoms with Crippen LogP contribution in [-0.2, 0) is 10.9 Å². The molecule has 0 spiro atoms. The average Bonchev–Trinajstić information content (AvgIpc) is 2.90. The monoisotopic (exact) mass is 340 g/mol. The minimum absolute atomic E-state index is 0.394. The lowest BCUT2D eigenvalue weighted by molar-refractivity contribution is -0.215. The van der Waals surface area contributed by atoms with Crippen molar-refractivity contribution in [3.8, 4) is 6.07 Å². The smallest absolute Gasteiger partial charge is 0.394 e. The Morgan fingerprint density at radius 1 is 1.26 bits per heavy atom. The maximum Gasteiger partial charge on any atom is 0.433 e. The van der Waals surface area contributed by atoms with Crippen molar-refractivity contribution in [2.75, 3.05) is 18.1 Å². The summed E-state index contributed by atoms with van der Waals surface area (Å²) in [5.74, 6) is 0. The van der Waals surface area contributed by atoms with Gasteiger partial charge in [-0.2, -0.15) is 31.6 Å². The standard InChI is InChI=1S/C13H10F6N2O2/c14-12(15,16)10-3-8(2-1-7(10)4-20)21-5-9(6-22)23-11(21)13(17,18)19/h1-3,9,11,22H,5-6H2. The molecule has 10 heteroatoms. The Morgan fingerprint density at radius 2 is 1.91 bits per heavy atom. The van der Waals surface area contributed by atoms with Crippen LogP contribution in [0.15, 0.2) is 18.2 Å². The predicted molar refractivity (Wildman–Crippen MR) is 65.3 cm³/mol. The number of ether oxygens (including phenoxy) is 1. The van der Waals surface area contributed by atoms with Gasteiger partial charge >= 0.3 is 12.4 Å². The van der Waals surface area contributed by atoms with Crippen LogP contribution in [0.25, 0.3) is 0 Å². The molecule has 2 unspecified atom stereocenters. The van der Waals surface area contributed by atoms with Crippen LogP contribution < -0.4 is 4.90 Å². The zero-order valence-electron chi connectivity index (χ0n) is 11.3. The molecule has 0 amide bonds. The molecule has 2 rings (SSSR count). The number of anilines is 1. The Balaban J connectivity index is 2.46. The van der Waals surface area contributed by atoms with Crippen LogP contribution in [-0.4, -0.2) is 36.8 Å². The average molecular weight is 340 g/mol. The van der Waals surface area contributed by atoms with Crippen LogP contribution >= 0.6 is 0 Å². The van der Waals surface area contributed by atoms with Crippen molar-refractivity contribution in [3.05, 3.63) is 29.3 Å². The second-order valence-corrected chi connectivity index (χ2v) is 4.83. The van der Waals surface area contributed by atoms with Crippen LogP contribution in [0.1, 0.15) is 11.1 Å². The second-order valence-electron chi connectivity index (χ2n) is 4.83. The SMILES string of the molecule is N#Cc1ccc(N2CC(CO)OC2C(F)(F)F)cc1C(F)(F)F. The van der Waals surface area contributed by atoms with Crippen LogP contribution in [0.3, 0.4) is 0 Å². The molecule has 1 aromatic carbocycles. The lowest BCUT2D eigenvalue weighted by Gasteiger charge is -2.27. The van der Waals surface area contributed by atoms with Gasteiger partial charge in [-0.3, -0.25) is 0 Å². The molecule has 1 fully saturated rings. The Bertz CT molecular complexity index is 622. The third-order valence-electron chi connectivity index (χ3n) is 3.25. The van der Waals surface area contributed by atoms with Gasteiger partial charge in [-0.05, 0) is 18.2 Å². The van der Waals surface area contributed by atoms with Crippen molar-refractivity contribution < 1.29 is 36.2 Å². The zero-order valence-corrected chi connectivity index (χ0v) is 11.3. The molecule has 1 N–H and O–H groups in total. The molecule has 1 aliphatic rings. The molecule has 0 radical (unpaired) electrons. The summed E-state index contributed by atoms with van der Waals surface area (Å²) in [5, 5.41) is 17.6. The lowest BCUT2D eigenvalue weighted by Crippen LogP contribution is -2.42. The van der Waals surface area contributed by atoms with E-state index in [0.717, 1.165) is 12.1 Å². The molecule has 4 nitrogen and oxygen atoms in total. The highest BCUT2D eigenvalue weighted by molar-refractivity contribution is 5.56. The van der Waals surface area contributed by atoms with Crippen molar-refractivity contribution in [2.24, 2.45) is 0 Å². The molecule has 2 atom stereocenters. The van der Waals surface area contributed by atoms with Gasteiger partial charge in [0.2, 0.25) is 6.23 Å². The first kappa shape index (κ1) is 17.4. The van der Waals surface area contributed by atoms with E-state index in [-0.39, 0.29) is 0 Å². The molecule has 0 aliphatic carbocycles. The van der Waals surface area contributed by atoms with Gasteiger partial charge in [0.1, 0.15) is 6.10 Å². The largest absolute Gasteiger partial charge is 0.433 e. The summed E-state index contributed by atoms with van der Waals surface area (Å²) in [7, 11) is 0. The first-order chi connectivity index (χ1) is 10.6. The van der Waals surface area contributed by atoms with E-state index in [2.05, 4.69) is 4.74 Å². The summed E-state index contributed by atoms with van der Waals surface area (Å²) in [6.45, 7) is -1.13. The van der Waals surface area contributed by atoms with Gasteiger partial charge in [0.05, 0.1) is 23.8 Å². The third-order valence-corrected chi connectivity index (χ3v) is 3.25. The van der Waals surface area contributed by atoms with Gasteiger partial charge in [-0.25, -0.2) is 0 Å². The van der Waals surface area contributed by atoms with E-state index in [9.17, 15) is 26.3 Å². The van der Waals surface area contributed by atoms with E-state index in [1.807, 2.05) is 0 Å². The minimum atomic E-state index is -4.88. The quantitative estimate of drug-likeness (QED) is 0.841. The van der Waals surface area contributed by atoms with E-state index in [1.54, 1.807) is 0 Å². The summed E-state index contributed by atoms with van der Waals surface area (Å²) in [6, 6.07) is 3.61. The van der Waals surface area contributed by atoms with E-state index >= 15 is 0 Å². The molecule has 1 aromatic rings. The van der Waals surface area contributed by atoms with Crippen molar-refractivity contribution >= 4 is 5.69 Å². The van der Waals surface area contributed by atoms with Crippen LogP contribution in [0, 0.1) is 11.3 Å². The maximum absolute atomic E-state index is 13.0. The fourth-order valence-electron chi connectivity index (χ4n) is 2.25. The lowest BCUT2D eigenvalue weighted by atomic mass is 10.1. The number of hydrogen-bond donors (Lipinski definition) is 1. The number of benzene rings is 1. The van der Waals surface area contributed by atoms with E-state index < -0.39 is 54.7 Å². The van der Waals surface area contributed by atoms with Crippen LogP contribution in [0.5, 0.6) is 0 Å². The number of nitrogens with zero attached hydrogens (tertiary/aromatic N) is 2. The first-order valence-electron chi connectivity index (χ1n) is 6.29. The molecule has 0 bridgehead atoms. The highest BCUT2D eigenvalue weighted by Gasteiger charge is 2.51. The third kappa shape index (κ3) is 3.51. The van der Waals surface area contributed by atoms with Crippen molar-refractivity contribution in [1.29, 1.82) is 5.26 Å². The first-order valence-corrected chi connectivity index (χ1v) is 6.29. The molecule has 23 heavy (non-hydrogen) atoms. The fraction of sp³-hybridized carbons (Fsp3) is 0.462. The molecule has 1 saturated heterocycles. The van der Waals surface area contributed by atoms with Crippen molar-refractivity contribution in [2.45, 2.75) is 24.7 Å². The molecular weight excluding hydrogens is 330 g/mol. The van der Waals surface area contributed by atoms with Gasteiger partial charge in [0.15, 0.2) is 0 Å². The molecule has 0 aromatic heterocycles. The number of hydrogen-bond acceptors (Lipinski definition) is 4. The molecule has 126 valence electrons. The number of aliphatic hydroxyl groups excluding tert-OH is 1. The van der Waals surface area contributed by atoms with Crippen LogP contribution in [0.2, 0.25) is 0 Å². The number of aliphatic hydroxyl groups is 1.